The van der Waals surface area contributed by atoms with Crippen molar-refractivity contribution in [2.24, 2.45) is 23.7 Å². The van der Waals surface area contributed by atoms with Gasteiger partial charge < -0.3 is 65.6 Å². The van der Waals surface area contributed by atoms with Gasteiger partial charge in [0.15, 0.2) is 23.3 Å². The zero-order valence-electron chi connectivity index (χ0n) is 72.7. The molecule has 4 aromatic carbocycles. The van der Waals surface area contributed by atoms with Crippen LogP contribution in [-0.4, -0.2) is 166 Å². The van der Waals surface area contributed by atoms with E-state index in [0.717, 1.165) is 124 Å². The second-order valence-corrected chi connectivity index (χ2v) is 35.8. The summed E-state index contributed by atoms with van der Waals surface area (Å²) in [7, 11) is 0. The number of aliphatic hydroxyl groups excluding tert-OH is 1. The maximum Gasteiger partial charge on any atom is 0.324 e. The number of rotatable bonds is 24. The van der Waals surface area contributed by atoms with E-state index >= 15 is 0 Å². The van der Waals surface area contributed by atoms with Gasteiger partial charge in [-0.3, -0.25) is 19.0 Å². The summed E-state index contributed by atoms with van der Waals surface area (Å²) in [6.07, 6.45) is 32.2. The van der Waals surface area contributed by atoms with Gasteiger partial charge in [0, 0.05) is 84.9 Å². The third-order valence-electron chi connectivity index (χ3n) is 26.3. The van der Waals surface area contributed by atoms with Gasteiger partial charge in [0.05, 0.1) is 132 Å². The summed E-state index contributed by atoms with van der Waals surface area (Å²) in [5.41, 5.74) is 35.0. The van der Waals surface area contributed by atoms with Crippen molar-refractivity contribution in [3.8, 4) is 79.0 Å². The number of nitrogen functional groups attached to an aromatic ring is 4. The molecular formula is C94H104N26O8. The lowest BCUT2D eigenvalue weighted by Crippen LogP contribution is -2.38. The molecule has 3 saturated carbocycles. The number of piperidine rings is 1. The number of benzene rings is 4. The molecule has 21 rings (SSSR count). The molecule has 4 atom stereocenters. The average molecular weight is 1730 g/mol. The zero-order valence-corrected chi connectivity index (χ0v) is 72.7. The molecule has 128 heavy (non-hydrogen) atoms. The van der Waals surface area contributed by atoms with Gasteiger partial charge in [-0.05, 0) is 168 Å². The van der Waals surface area contributed by atoms with E-state index in [9.17, 15) is 10.2 Å². The highest BCUT2D eigenvalue weighted by Gasteiger charge is 2.50. The SMILES string of the molecule is CC(C)[C@](C)(c1ccc(-c2cnc(N)nc2)cc1)c1noc(-c2cnn(CC(C)(C)O)c2)n1.C[C@@](c1ccc(-c2ccc(N)nc2)cc1)(c1noc(N2CCC(O)CC2)n1)C1CC1.C[C@@](c1ccc(-c2cnc(N)cn2)cc1)(c1noc(-c2cnn(C3COC3)c2)n1)C1CC1.C[C@@](c1ccc(-c2cnc(N)nc2)cc1)(c1noc(-c2cnn(C3COC3)c2)n1)C1CCC1. The van der Waals surface area contributed by atoms with E-state index in [4.69, 9.17) is 70.4 Å². The Hall–Kier alpha value is -13.7. The van der Waals surface area contributed by atoms with Gasteiger partial charge in [0.25, 0.3) is 17.7 Å². The van der Waals surface area contributed by atoms with Crippen molar-refractivity contribution < 1.29 is 37.8 Å². The first-order valence-corrected chi connectivity index (χ1v) is 43.5. The Kier molecular flexibility index (Phi) is 23.4. The number of aromatic nitrogens is 21. The predicted molar refractivity (Wildman–Crippen MR) is 477 cm³/mol. The minimum atomic E-state index is -0.871. The summed E-state index contributed by atoms with van der Waals surface area (Å²) in [5.74, 6) is 7.25. The fourth-order valence-corrected chi connectivity index (χ4v) is 17.0. The van der Waals surface area contributed by atoms with Crippen molar-refractivity contribution in [2.45, 2.75) is 165 Å². The van der Waals surface area contributed by atoms with Crippen LogP contribution >= 0.6 is 0 Å². The molecule has 0 amide bonds. The van der Waals surface area contributed by atoms with Crippen molar-refractivity contribution in [1.29, 1.82) is 0 Å². The first kappa shape index (κ1) is 85.1. The largest absolute Gasteiger partial charge is 0.393 e. The monoisotopic (exact) mass is 1720 g/mol. The third-order valence-corrected chi connectivity index (χ3v) is 26.3. The Morgan fingerprint density at radius 3 is 1.22 bits per heavy atom. The van der Waals surface area contributed by atoms with Crippen LogP contribution in [-0.2, 0) is 37.7 Å². The van der Waals surface area contributed by atoms with Gasteiger partial charge >= 0.3 is 6.01 Å². The summed E-state index contributed by atoms with van der Waals surface area (Å²) in [4.78, 5) is 50.3. The van der Waals surface area contributed by atoms with Crippen LogP contribution < -0.4 is 27.8 Å². The number of hydrogen-bond donors (Lipinski definition) is 6. The molecule has 0 radical (unpaired) electrons. The second kappa shape index (κ2) is 35.3. The molecule has 14 heterocycles. The number of ether oxygens (including phenoxy) is 2. The minimum absolute atomic E-state index is 0.201. The molecule has 0 unspecified atom stereocenters. The molecule has 34 nitrogen and oxygen atoms in total. The van der Waals surface area contributed by atoms with Crippen molar-refractivity contribution in [2.75, 3.05) is 67.4 Å². The quantitative estimate of drug-likeness (QED) is 0.0327. The number of nitrogens with two attached hydrogens (primary N) is 4. The summed E-state index contributed by atoms with van der Waals surface area (Å²) in [6, 6.07) is 38.6. The molecule has 3 aliphatic heterocycles. The van der Waals surface area contributed by atoms with E-state index in [1.165, 1.54) is 30.4 Å². The van der Waals surface area contributed by atoms with Crippen LogP contribution in [0.4, 0.5) is 29.5 Å². The first-order valence-electron chi connectivity index (χ1n) is 43.5. The summed E-state index contributed by atoms with van der Waals surface area (Å²) < 4.78 is 38.6. The molecule has 34 heteroatoms. The van der Waals surface area contributed by atoms with E-state index in [1.54, 1.807) is 86.7 Å². The molecule has 6 aliphatic rings. The summed E-state index contributed by atoms with van der Waals surface area (Å²) in [6.45, 7) is 21.1. The van der Waals surface area contributed by atoms with Gasteiger partial charge in [-0.15, -0.1) is 0 Å². The smallest absolute Gasteiger partial charge is 0.324 e. The highest BCUT2D eigenvalue weighted by Crippen LogP contribution is 2.53. The van der Waals surface area contributed by atoms with E-state index in [0.29, 0.717) is 109 Å². The zero-order chi connectivity index (χ0) is 88.6. The molecule has 658 valence electrons. The highest BCUT2D eigenvalue weighted by molar-refractivity contribution is 5.67. The van der Waals surface area contributed by atoms with Gasteiger partial charge in [-0.1, -0.05) is 138 Å². The Bertz CT molecular complexity index is 6240. The van der Waals surface area contributed by atoms with Gasteiger partial charge in [-0.2, -0.15) is 35.2 Å². The Balaban J connectivity index is 0.000000115. The van der Waals surface area contributed by atoms with Crippen LogP contribution in [0.15, 0.2) is 208 Å². The van der Waals surface area contributed by atoms with Crippen LogP contribution in [0, 0.1) is 23.7 Å². The Morgan fingerprint density at radius 1 is 0.391 bits per heavy atom. The molecule has 3 aliphatic carbocycles. The lowest BCUT2D eigenvalue weighted by molar-refractivity contribution is -0.0286. The van der Waals surface area contributed by atoms with Crippen LogP contribution in [0.5, 0.6) is 0 Å². The molecule has 11 aromatic heterocycles. The van der Waals surface area contributed by atoms with E-state index in [-0.39, 0.29) is 52.2 Å². The lowest BCUT2D eigenvalue weighted by atomic mass is 9.62. The highest BCUT2D eigenvalue weighted by atomic mass is 16.5. The van der Waals surface area contributed by atoms with Crippen molar-refractivity contribution in [1.82, 2.24) is 105 Å². The van der Waals surface area contributed by atoms with Crippen molar-refractivity contribution >= 4 is 29.5 Å². The molecule has 6 fully saturated rings. The molecular weight excluding hydrogens is 1620 g/mol. The summed E-state index contributed by atoms with van der Waals surface area (Å²) >= 11 is 0. The number of aliphatic hydroxyl groups is 2. The van der Waals surface area contributed by atoms with E-state index in [1.807, 2.05) is 46.0 Å². The molecule has 15 aromatic rings. The van der Waals surface area contributed by atoms with Crippen LogP contribution in [0.3, 0.4) is 0 Å². The fraction of sp³-hybridized carbons (Fsp3) is 0.383. The Labute approximate surface area is 738 Å². The molecule has 3 saturated heterocycles. The molecule has 0 spiro atoms. The number of hydrogen-bond acceptors (Lipinski definition) is 31. The maximum absolute atomic E-state index is 10.0. The standard InChI is InChI=1S/C24H25N7O2.C24H29N7O2.C23H23N7O2.C23H27N5O2/c1-24(18-3-2-4-18,19-7-5-15(6-8-19)16-9-26-23(25)27-10-16)22-29-21(33-30-22)17-11-28-31(12-17)20-13-32-14-20;1-15(2)24(5,19-8-6-16(7-9-19)17-10-26-22(25)27-11-17)21-29-20(33-30-21)18-12-28-31(13-18)14-23(3,4)32;1-23(17-6-7-17,16-4-2-14(3-5-16)19-9-26-20(24)10-25-19)22-28-21(32-29-22)15-8-27-30(11-15)18-12-31-13-18;1-23(18-7-8-18,21-26-22(30-27-21)28-12-10-19(29)11-13-28)17-5-2-15(3-6-17)16-4-9-20(24)25-14-16/h5-12,18,20H,2-4,13-14H2,1H3,(H2,25,26,27);6-13,15,32H,14H2,1-5H3,(H2,25,26,27);2-5,8-11,17-18H,6-7,12-13H2,1H3,(H2,24,26);2-6,9,14,18-19,29H,7-8,10-13H2,1H3,(H2,24,25)/t2*24-;2*23-/m1100/s1. The minimum Gasteiger partial charge on any atom is -0.393 e. The predicted octanol–water partition coefficient (Wildman–Crippen LogP) is 14.0. The van der Waals surface area contributed by atoms with Gasteiger partial charge in [0.2, 0.25) is 11.9 Å². The Morgan fingerprint density at radius 2 is 0.797 bits per heavy atom. The fourth-order valence-electron chi connectivity index (χ4n) is 17.0. The van der Waals surface area contributed by atoms with E-state index in [2.05, 4.69) is 202 Å². The third kappa shape index (κ3) is 17.7. The van der Waals surface area contributed by atoms with Crippen LogP contribution in [0.1, 0.15) is 171 Å². The van der Waals surface area contributed by atoms with Crippen LogP contribution in [0.25, 0.3) is 79.0 Å². The average Bonchev–Trinajstić information content (AvgIpc) is 1.03. The molecule has 10 N–H and O–H groups in total. The number of nitrogens with zero attached hydrogens (tertiary/aromatic N) is 22. The summed E-state index contributed by atoms with van der Waals surface area (Å²) in [5, 5.41) is 50.5. The van der Waals surface area contributed by atoms with E-state index < -0.39 is 11.0 Å². The van der Waals surface area contributed by atoms with Crippen molar-refractivity contribution in [3.63, 3.8) is 0 Å². The number of anilines is 5. The second-order valence-electron chi connectivity index (χ2n) is 35.8. The normalized spacial score (nSPS) is 17.5. The maximum atomic E-state index is 10.0. The number of pyridine rings is 1. The van der Waals surface area contributed by atoms with Crippen molar-refractivity contribution in [3.05, 3.63) is 235 Å². The van der Waals surface area contributed by atoms with Crippen LogP contribution in [0.2, 0.25) is 0 Å². The van der Waals surface area contributed by atoms with Gasteiger partial charge in [0.1, 0.15) is 11.6 Å². The first-order chi connectivity index (χ1) is 61.8. The lowest BCUT2D eigenvalue weighted by Gasteiger charge is -2.41. The topological polar surface area (TPSA) is 466 Å². The van der Waals surface area contributed by atoms with Gasteiger partial charge in [-0.25, -0.2) is 29.9 Å². The molecule has 0 bridgehead atoms.